The Hall–Kier alpha value is -1.48. The average Bonchev–Trinajstić information content (AvgIpc) is 2.98. The molecule has 0 fully saturated rings. The predicted octanol–water partition coefficient (Wildman–Crippen LogP) is 1.66. The Balaban J connectivity index is 1.72. The third-order valence-corrected chi connectivity index (χ3v) is 3.96. The molecular formula is C10H13N5O2S2. The van der Waals surface area contributed by atoms with Crippen LogP contribution in [0.25, 0.3) is 0 Å². The number of nitrogens with zero attached hydrogens (tertiary/aromatic N) is 4. The van der Waals surface area contributed by atoms with E-state index in [1.807, 2.05) is 6.92 Å². The summed E-state index contributed by atoms with van der Waals surface area (Å²) in [6.45, 7) is 3.73. The van der Waals surface area contributed by atoms with E-state index in [1.165, 1.54) is 23.1 Å². The molecule has 1 amide bonds. The molecular weight excluding hydrogens is 286 g/mol. The van der Waals surface area contributed by atoms with Crippen molar-refractivity contribution in [1.29, 1.82) is 0 Å². The molecule has 0 unspecified atom stereocenters. The van der Waals surface area contributed by atoms with Crippen LogP contribution in [0.15, 0.2) is 4.52 Å². The number of anilines is 1. The topological polar surface area (TPSA) is 93.8 Å². The molecule has 0 aliphatic heterocycles. The summed E-state index contributed by atoms with van der Waals surface area (Å²) in [4.78, 5) is 15.7. The smallest absolute Gasteiger partial charge is 0.236 e. The zero-order chi connectivity index (χ0) is 13.7. The second-order valence-corrected chi connectivity index (χ2v) is 5.67. The van der Waals surface area contributed by atoms with Crippen LogP contribution in [0, 0.1) is 6.92 Å². The molecule has 0 radical (unpaired) electrons. The average molecular weight is 299 g/mol. The molecule has 0 saturated carbocycles. The van der Waals surface area contributed by atoms with Crippen LogP contribution >= 0.6 is 23.1 Å². The Bertz CT molecular complexity index is 554. The van der Waals surface area contributed by atoms with Crippen LogP contribution in [-0.2, 0) is 17.0 Å². The predicted molar refractivity (Wildman–Crippen MR) is 73.1 cm³/mol. The molecule has 2 aromatic heterocycles. The van der Waals surface area contributed by atoms with Crippen LogP contribution < -0.4 is 5.32 Å². The Morgan fingerprint density at radius 2 is 2.32 bits per heavy atom. The summed E-state index contributed by atoms with van der Waals surface area (Å²) < 4.78 is 4.84. The minimum Gasteiger partial charge on any atom is -0.340 e. The van der Waals surface area contributed by atoms with Crippen molar-refractivity contribution in [2.75, 3.05) is 11.1 Å². The van der Waals surface area contributed by atoms with Gasteiger partial charge in [-0.05, 0) is 6.42 Å². The highest BCUT2D eigenvalue weighted by Crippen LogP contribution is 2.16. The Morgan fingerprint density at radius 1 is 1.47 bits per heavy atom. The zero-order valence-corrected chi connectivity index (χ0v) is 12.2. The van der Waals surface area contributed by atoms with Gasteiger partial charge in [0, 0.05) is 6.92 Å². The Kier molecular flexibility index (Phi) is 4.86. The lowest BCUT2D eigenvalue weighted by Crippen LogP contribution is -2.14. The summed E-state index contributed by atoms with van der Waals surface area (Å²) in [5.74, 6) is 1.87. The summed E-state index contributed by atoms with van der Waals surface area (Å²) in [5.41, 5.74) is 0. The molecule has 2 heterocycles. The van der Waals surface area contributed by atoms with Gasteiger partial charge in [0.2, 0.25) is 16.9 Å². The number of rotatable bonds is 6. The normalized spacial score (nSPS) is 10.6. The van der Waals surface area contributed by atoms with E-state index in [-0.39, 0.29) is 5.91 Å². The van der Waals surface area contributed by atoms with Gasteiger partial charge in [-0.25, -0.2) is 0 Å². The molecule has 0 aliphatic carbocycles. The van der Waals surface area contributed by atoms with Crippen LogP contribution in [0.1, 0.15) is 23.6 Å². The molecule has 0 saturated heterocycles. The standard InChI is InChI=1S/C10H13N5O2S2/c1-3-9-13-14-10(19-9)12-8(16)5-18-4-7-11-6(2)17-15-7/h3-5H2,1-2H3,(H,12,14,16). The van der Waals surface area contributed by atoms with E-state index in [2.05, 4.69) is 25.7 Å². The lowest BCUT2D eigenvalue weighted by atomic mass is 10.5. The monoisotopic (exact) mass is 299 g/mol. The molecule has 2 rings (SSSR count). The highest BCUT2D eigenvalue weighted by molar-refractivity contribution is 7.99. The van der Waals surface area contributed by atoms with E-state index >= 15 is 0 Å². The lowest BCUT2D eigenvalue weighted by molar-refractivity contribution is -0.113. The van der Waals surface area contributed by atoms with Gasteiger partial charge in [-0.1, -0.05) is 23.4 Å². The van der Waals surface area contributed by atoms with Crippen molar-refractivity contribution in [2.24, 2.45) is 0 Å². The van der Waals surface area contributed by atoms with Gasteiger partial charge >= 0.3 is 0 Å². The van der Waals surface area contributed by atoms with Gasteiger partial charge in [0.15, 0.2) is 5.82 Å². The molecule has 102 valence electrons. The van der Waals surface area contributed by atoms with E-state index in [0.717, 1.165) is 11.4 Å². The molecule has 0 aromatic carbocycles. The first-order chi connectivity index (χ1) is 9.17. The third-order valence-electron chi connectivity index (χ3n) is 2.05. The number of carbonyl (C=O) groups is 1. The minimum absolute atomic E-state index is 0.107. The van der Waals surface area contributed by atoms with Crippen molar-refractivity contribution in [3.8, 4) is 0 Å². The summed E-state index contributed by atoms with van der Waals surface area (Å²) in [6.07, 6.45) is 0.819. The highest BCUT2D eigenvalue weighted by atomic mass is 32.2. The number of nitrogens with one attached hydrogen (secondary N) is 1. The second-order valence-electron chi connectivity index (χ2n) is 3.63. The van der Waals surface area contributed by atoms with Crippen LogP contribution in [0.3, 0.4) is 0 Å². The van der Waals surface area contributed by atoms with Crippen molar-refractivity contribution in [3.63, 3.8) is 0 Å². The van der Waals surface area contributed by atoms with Crippen LogP contribution in [-0.4, -0.2) is 32.0 Å². The number of hydrogen-bond donors (Lipinski definition) is 1. The highest BCUT2D eigenvalue weighted by Gasteiger charge is 2.08. The van der Waals surface area contributed by atoms with Gasteiger partial charge in [0.25, 0.3) is 0 Å². The van der Waals surface area contributed by atoms with E-state index in [1.54, 1.807) is 6.92 Å². The van der Waals surface area contributed by atoms with Crippen molar-refractivity contribution in [1.82, 2.24) is 20.3 Å². The molecule has 0 atom stereocenters. The zero-order valence-electron chi connectivity index (χ0n) is 10.5. The first kappa shape index (κ1) is 13.9. The van der Waals surface area contributed by atoms with E-state index < -0.39 is 0 Å². The maximum Gasteiger partial charge on any atom is 0.236 e. The number of aromatic nitrogens is 4. The van der Waals surface area contributed by atoms with Crippen LogP contribution in [0.4, 0.5) is 5.13 Å². The molecule has 19 heavy (non-hydrogen) atoms. The summed E-state index contributed by atoms with van der Waals surface area (Å²) in [6, 6.07) is 0. The number of hydrogen-bond acceptors (Lipinski definition) is 8. The largest absolute Gasteiger partial charge is 0.340 e. The van der Waals surface area contributed by atoms with Gasteiger partial charge in [-0.2, -0.15) is 4.98 Å². The van der Waals surface area contributed by atoms with Crippen molar-refractivity contribution in [3.05, 3.63) is 16.7 Å². The molecule has 7 nitrogen and oxygen atoms in total. The van der Waals surface area contributed by atoms with Gasteiger partial charge in [-0.3, -0.25) is 10.1 Å². The fourth-order valence-corrected chi connectivity index (χ4v) is 2.59. The summed E-state index contributed by atoms with van der Waals surface area (Å²) >= 11 is 2.81. The fourth-order valence-electron chi connectivity index (χ4n) is 1.24. The Morgan fingerprint density at radius 3 is 2.95 bits per heavy atom. The van der Waals surface area contributed by atoms with Gasteiger partial charge in [-0.15, -0.1) is 22.0 Å². The number of aryl methyl sites for hydroxylation is 2. The van der Waals surface area contributed by atoms with Gasteiger partial charge in [0.05, 0.1) is 11.5 Å². The molecule has 9 heteroatoms. The molecule has 0 aliphatic rings. The van der Waals surface area contributed by atoms with Crippen molar-refractivity contribution < 1.29 is 9.32 Å². The van der Waals surface area contributed by atoms with E-state index in [9.17, 15) is 4.79 Å². The molecule has 2 aromatic rings. The van der Waals surface area contributed by atoms with E-state index in [0.29, 0.717) is 28.4 Å². The van der Waals surface area contributed by atoms with Gasteiger partial charge in [0.1, 0.15) is 5.01 Å². The number of carbonyl (C=O) groups excluding carboxylic acids is 1. The summed E-state index contributed by atoms with van der Waals surface area (Å²) in [5, 5.41) is 15.7. The lowest BCUT2D eigenvalue weighted by Gasteiger charge is -1.99. The number of amides is 1. The number of thioether (sulfide) groups is 1. The molecule has 0 bridgehead atoms. The van der Waals surface area contributed by atoms with Crippen molar-refractivity contribution in [2.45, 2.75) is 26.0 Å². The third kappa shape index (κ3) is 4.28. The maximum absolute atomic E-state index is 11.6. The first-order valence-corrected chi connectivity index (χ1v) is 7.63. The molecule has 1 N–H and O–H groups in total. The quantitative estimate of drug-likeness (QED) is 0.866. The first-order valence-electron chi connectivity index (χ1n) is 5.66. The molecule has 0 spiro atoms. The van der Waals surface area contributed by atoms with Gasteiger partial charge < -0.3 is 4.52 Å². The van der Waals surface area contributed by atoms with Crippen LogP contribution in [0.2, 0.25) is 0 Å². The summed E-state index contributed by atoms with van der Waals surface area (Å²) in [7, 11) is 0. The Labute approximate surface area is 118 Å². The maximum atomic E-state index is 11.6. The van der Waals surface area contributed by atoms with Crippen molar-refractivity contribution >= 4 is 34.1 Å². The van der Waals surface area contributed by atoms with Crippen LogP contribution in [0.5, 0.6) is 0 Å². The SMILES string of the molecule is CCc1nnc(NC(=O)CSCc2noc(C)n2)s1. The fraction of sp³-hybridized carbons (Fsp3) is 0.500. The second kappa shape index (κ2) is 6.62. The minimum atomic E-state index is -0.107. The van der Waals surface area contributed by atoms with E-state index in [4.69, 9.17) is 4.52 Å².